The SMILES string of the molecule is CC(C)c1ncsc1-n1c(=O)[nH]c(=O)c2cc(Cl)c(Cl)nc21.CC(C)c1ncsc1-n1c(=O)nc(N2CCN(C(=O)OC(C)(C)C)C[C@@H]2C)c2cc(Cl)c(Cl)nc21.CC(C)c1ncsc1N.CC(C)c1ncsc1NC(=O)NC(=O)c1cc(Cl)c(Cl)nc1Cl.C[C@H]1CN(C(=O)OC(C)(C)C)CCN1.NC(=O)c1cc(Cl)c(Cl)nc1Cl.O[B]Oc1c(O)cccc1F.[2H]CS.[H-].[K+]. The van der Waals surface area contributed by atoms with Crippen LogP contribution in [0.4, 0.5) is 34.6 Å². The number of nitrogens with zero attached hydrogens (tertiary/aromatic N) is 14. The van der Waals surface area contributed by atoms with Crippen LogP contribution in [0.5, 0.6) is 11.5 Å². The van der Waals surface area contributed by atoms with Gasteiger partial charge in [-0.3, -0.25) is 30.0 Å². The zero-order chi connectivity index (χ0) is 96.7. The van der Waals surface area contributed by atoms with Crippen molar-refractivity contribution in [1.82, 2.24) is 79.4 Å². The number of anilines is 3. The summed E-state index contributed by atoms with van der Waals surface area (Å²) in [5, 5.41) is 29.1. The second kappa shape index (κ2) is 51.7. The minimum absolute atomic E-state index is 0. The number of phenols is 1. The normalized spacial score (nSPS) is 13.6. The third-order valence-electron chi connectivity index (χ3n) is 16.9. The molecule has 51 heteroatoms. The summed E-state index contributed by atoms with van der Waals surface area (Å²) in [4.78, 5) is 142. The summed E-state index contributed by atoms with van der Waals surface area (Å²) in [6.45, 7) is 34.9. The Balaban J connectivity index is 0.000000332. The molecule has 0 saturated carbocycles. The molecule has 0 bridgehead atoms. The van der Waals surface area contributed by atoms with E-state index in [1.54, 1.807) is 37.9 Å². The number of thiazole rings is 4. The zero-order valence-electron chi connectivity index (χ0n) is 74.4. The standard InChI is InChI=1S/C23H28Cl2N6O3S.C13H11Cl3N4O2S.C13H10Cl2N4O2S.C10H20N2O2.C6H5BFO3.C6H3Cl3N2O.C6H10N2S.CH4S.K.H/c1-12(2)16-20(35-11-26-16)31-19-14(9-15(24)17(25)27-19)18(28-21(31)32)30-8-7-29(10-13(30)3)22(33)34-23(4,5)6;1-5(2)8-12(23-4-17-8)20-13(22)19-11(21)6-3-7(14)10(16)18-9(6)15;1-5(2)8-12(22-4-16-8)19-10-6(11(20)18-13(19)21)3-7(14)9(15)17-10;1-8-7-12(6-5-11-8)9(13)14-10(2,3)4;8-4-2-1-3-5(9)6(4)11-7-10;7-3-1-2(6(10)12)4(8)11-5(3)9;1-4(2)5-6(7)9-3-8-5;1-2;;/h9,11-13H,7-8,10H2,1-6H3;3-5H,1-2H3,(H2,19,20,21,22);3-5H,1-2H3,(H,18,20,21);8,11H,5-7H2,1-4H3;1-3,9-10H;1H,(H2,10,12);3-4H,7H2,1-2H3;2H,1H3;;/q;;;;;;;;+1;-1/t13-;;;8-;;;;;;/m0..0....../s1/i;;;;;;;1D;;. The number of phenolic OH excluding ortho intramolecular Hbond substituents is 1. The number of fused-ring (bicyclic) bond motifs is 2. The molecule has 11 aromatic rings. The number of carbonyl (C=O) groups is 5. The number of aromatic amines is 1. The fraction of sp³-hybridized carbons (Fsp3) is 0.397. The minimum atomic E-state index is -0.742. The average molecular weight is 2100 g/mol. The number of rotatable bonds is 12. The molecule has 33 nitrogen and oxygen atoms in total. The topological polar surface area (TPSA) is 444 Å². The number of H-pyrrole nitrogens is 1. The van der Waals surface area contributed by atoms with Gasteiger partial charge in [-0.1, -0.05) is 177 Å². The molecule has 2 atom stereocenters. The van der Waals surface area contributed by atoms with Gasteiger partial charge in [0, 0.05) is 52.7 Å². The number of piperazine rings is 2. The predicted molar refractivity (Wildman–Crippen MR) is 516 cm³/mol. The van der Waals surface area contributed by atoms with Crippen LogP contribution in [0.15, 0.2) is 78.9 Å². The van der Waals surface area contributed by atoms with Crippen LogP contribution in [-0.2, 0) is 9.47 Å². The molecule has 1 aromatic carbocycles. The van der Waals surface area contributed by atoms with Crippen molar-refractivity contribution in [1.29, 1.82) is 0 Å². The van der Waals surface area contributed by atoms with Crippen LogP contribution < -0.4 is 105 Å². The molecule has 0 spiro atoms. The van der Waals surface area contributed by atoms with Gasteiger partial charge in [0.1, 0.15) is 67.9 Å². The van der Waals surface area contributed by atoms with Crippen LogP contribution in [-0.4, -0.2) is 185 Å². The summed E-state index contributed by atoms with van der Waals surface area (Å²) in [7, 11) is 0.304. The summed E-state index contributed by atoms with van der Waals surface area (Å²) in [6, 6.07) is 8.82. The van der Waals surface area contributed by atoms with E-state index in [1.165, 1.54) is 84.8 Å². The first-order valence-electron chi connectivity index (χ1n) is 38.8. The van der Waals surface area contributed by atoms with Gasteiger partial charge in [0.05, 0.1) is 86.8 Å². The van der Waals surface area contributed by atoms with Gasteiger partial charge in [-0.2, -0.15) is 17.6 Å². The number of nitrogens with two attached hydrogens (primary N) is 2. The minimum Gasteiger partial charge on any atom is -1.00 e. The van der Waals surface area contributed by atoms with Gasteiger partial charge < -0.3 is 57.2 Å². The smallest absolute Gasteiger partial charge is 1.00 e. The molecule has 2 fully saturated rings. The second-order valence-corrected chi connectivity index (χ2v) is 37.5. The molecule has 10 aromatic heterocycles. The molecular weight excluding hydrogens is 2010 g/mol. The molecule has 2 aliphatic heterocycles. The molecule has 2 aliphatic rings. The largest absolute Gasteiger partial charge is 1.00 e. The number of primary amides is 1. The maximum Gasteiger partial charge on any atom is 1.00 e. The summed E-state index contributed by atoms with van der Waals surface area (Å²) < 4.78 is 36.5. The number of aromatic hydroxyl groups is 1. The maximum absolute atomic E-state index is 13.4. The Hall–Kier alpha value is -6.63. The molecule has 2 saturated heterocycles. The van der Waals surface area contributed by atoms with E-state index in [4.69, 9.17) is 148 Å². The van der Waals surface area contributed by atoms with Crippen molar-refractivity contribution in [2.75, 3.05) is 61.5 Å². The maximum atomic E-state index is 13.4. The third-order valence-corrected chi connectivity index (χ3v) is 23.3. The van der Waals surface area contributed by atoms with Crippen molar-refractivity contribution in [2.45, 2.75) is 158 Å². The van der Waals surface area contributed by atoms with E-state index in [9.17, 15) is 42.7 Å². The number of urea groups is 1. The number of hydrogen-bond acceptors (Lipinski definition) is 30. The van der Waals surface area contributed by atoms with Crippen molar-refractivity contribution < 1.29 is 107 Å². The van der Waals surface area contributed by atoms with Gasteiger partial charge in [-0.05, 0) is 122 Å². The van der Waals surface area contributed by atoms with Gasteiger partial charge in [-0.15, -0.1) is 45.3 Å². The Morgan fingerprint density at radius 3 is 1.57 bits per heavy atom. The number of imide groups is 1. The number of aromatic nitrogens is 12. The molecule has 10 N–H and O–H groups in total. The van der Waals surface area contributed by atoms with Crippen LogP contribution >= 0.6 is 174 Å². The molecule has 6 amide bonds. The van der Waals surface area contributed by atoms with Crippen molar-refractivity contribution in [3.05, 3.63) is 187 Å². The summed E-state index contributed by atoms with van der Waals surface area (Å²) in [5.41, 5.74) is 18.5. The summed E-state index contributed by atoms with van der Waals surface area (Å²) >= 11 is 67.3. The van der Waals surface area contributed by atoms with Gasteiger partial charge in [0.25, 0.3) is 17.4 Å². The third kappa shape index (κ3) is 32.3. The van der Waals surface area contributed by atoms with E-state index in [-0.39, 0.29) is 180 Å². The van der Waals surface area contributed by atoms with E-state index in [0.717, 1.165) is 53.5 Å². The van der Waals surface area contributed by atoms with Crippen molar-refractivity contribution in [3.8, 4) is 21.5 Å². The number of ether oxygens (including phenoxy) is 2. The number of hydrogen-bond donors (Lipinski definition) is 9. The first-order chi connectivity index (χ1) is 60.3. The summed E-state index contributed by atoms with van der Waals surface area (Å²) in [6.07, 6.45) is -0.369. The Morgan fingerprint density at radius 2 is 1.09 bits per heavy atom. The molecule has 0 unspecified atom stereocenters. The fourth-order valence-corrected chi connectivity index (χ4v) is 16.4. The Morgan fingerprint density at radius 1 is 0.636 bits per heavy atom. The van der Waals surface area contributed by atoms with Crippen LogP contribution in [0, 0.1) is 5.82 Å². The fourth-order valence-electron chi connectivity index (χ4n) is 11.3. The molecule has 12 heterocycles. The van der Waals surface area contributed by atoms with Crippen molar-refractivity contribution >= 4 is 250 Å². The predicted octanol–water partition coefficient (Wildman–Crippen LogP) is 16.0. The van der Waals surface area contributed by atoms with Gasteiger partial charge in [0.2, 0.25) is 0 Å². The zero-order valence-corrected chi connectivity index (χ0v) is 87.2. The van der Waals surface area contributed by atoms with Gasteiger partial charge in [-0.25, -0.2) is 77.4 Å². The molecule has 0 aliphatic carbocycles. The van der Waals surface area contributed by atoms with Crippen molar-refractivity contribution in [2.24, 2.45) is 5.73 Å². The Bertz CT molecular complexity index is 5940. The van der Waals surface area contributed by atoms with Crippen LogP contribution in [0.25, 0.3) is 32.1 Å². The second-order valence-electron chi connectivity index (χ2n) is 30.3. The van der Waals surface area contributed by atoms with Crippen LogP contribution in [0.2, 0.25) is 51.0 Å². The average Bonchev–Trinajstić information content (AvgIpc) is 1.66. The number of carbonyl (C=O) groups excluding carboxylic acids is 5. The number of nitrogen functional groups attached to an aromatic ring is 1. The molecule has 1 radical (unpaired) electrons. The molecule has 129 heavy (non-hydrogen) atoms. The molecule has 693 valence electrons. The van der Waals surface area contributed by atoms with E-state index in [1.807, 2.05) is 94.9 Å². The molecule has 13 rings (SSSR count). The van der Waals surface area contributed by atoms with E-state index >= 15 is 0 Å². The van der Waals surface area contributed by atoms with Crippen LogP contribution in [0.1, 0.15) is 181 Å². The monoisotopic (exact) mass is 2100 g/mol. The van der Waals surface area contributed by atoms with E-state index in [2.05, 4.69) is 104 Å². The van der Waals surface area contributed by atoms with Crippen LogP contribution in [0.3, 0.4) is 0 Å². The quantitative estimate of drug-likeness (QED) is 0.0312. The molecular formula is C78H92BCl10FKN20O13S5. The first kappa shape index (κ1) is 111. The number of pyridine rings is 4. The summed E-state index contributed by atoms with van der Waals surface area (Å²) in [5.74, 6) is -1.63. The Labute approximate surface area is 859 Å². The number of thiol groups is 1. The number of halogens is 11. The number of benzene rings is 1. The van der Waals surface area contributed by atoms with E-state index < -0.39 is 51.8 Å². The first-order valence-corrected chi connectivity index (χ1v) is 46.0. The number of nitrogens with one attached hydrogen (secondary N) is 4. The van der Waals surface area contributed by atoms with Gasteiger partial charge in [0.15, 0.2) is 28.6 Å². The van der Waals surface area contributed by atoms with Crippen molar-refractivity contribution in [3.63, 3.8) is 0 Å². The Kier molecular flexibility index (Phi) is 44.6. The number of para-hydroxylation sites is 1. The van der Waals surface area contributed by atoms with E-state index in [0.29, 0.717) is 71.1 Å². The number of amides is 6. The van der Waals surface area contributed by atoms with Gasteiger partial charge >= 0.3 is 88.7 Å².